The number of carbonyl (C=O) groups excluding carboxylic acids is 2. The third-order valence-electron chi connectivity index (χ3n) is 7.62. The van der Waals surface area contributed by atoms with E-state index in [1.807, 2.05) is 11.9 Å². The molecule has 0 radical (unpaired) electrons. The Kier molecular flexibility index (Phi) is 6.15. The summed E-state index contributed by atoms with van der Waals surface area (Å²) in [6.45, 7) is 3.17. The van der Waals surface area contributed by atoms with Gasteiger partial charge in [0.15, 0.2) is 0 Å². The van der Waals surface area contributed by atoms with E-state index < -0.39 is 24.1 Å². The fourth-order valence-corrected chi connectivity index (χ4v) is 5.82. The number of hydrazine groups is 1. The van der Waals surface area contributed by atoms with E-state index in [-0.39, 0.29) is 29.5 Å². The Morgan fingerprint density at radius 1 is 1.24 bits per heavy atom. The topological polar surface area (TPSA) is 92.8 Å². The zero-order chi connectivity index (χ0) is 24.0. The van der Waals surface area contributed by atoms with E-state index in [1.165, 1.54) is 13.1 Å². The molecule has 184 valence electrons. The van der Waals surface area contributed by atoms with Crippen molar-refractivity contribution in [1.82, 2.24) is 31.0 Å². The van der Waals surface area contributed by atoms with Gasteiger partial charge in [-0.1, -0.05) is 0 Å². The molecule has 0 spiro atoms. The first kappa shape index (κ1) is 23.0. The number of piperidine rings is 1. The summed E-state index contributed by atoms with van der Waals surface area (Å²) in [5.41, 5.74) is 4.39. The lowest BCUT2D eigenvalue weighted by Crippen LogP contribution is -2.63. The monoisotopic (exact) mass is 475 g/mol. The van der Waals surface area contributed by atoms with Gasteiger partial charge in [-0.3, -0.25) is 14.5 Å². The van der Waals surface area contributed by atoms with Crippen LogP contribution in [0.15, 0.2) is 23.9 Å². The van der Waals surface area contributed by atoms with Crippen molar-refractivity contribution in [2.45, 2.75) is 31.1 Å². The lowest BCUT2D eigenvalue weighted by molar-refractivity contribution is -0.122. The van der Waals surface area contributed by atoms with Crippen LogP contribution in [0.3, 0.4) is 0 Å². The Labute approximate surface area is 197 Å². The number of fused-ring (bicyclic) bond motifs is 3. The molecule has 9 nitrogen and oxygen atoms in total. The van der Waals surface area contributed by atoms with Gasteiger partial charge in [0.1, 0.15) is 11.9 Å². The minimum absolute atomic E-state index is 0.0452. The molecule has 4 aliphatic rings. The quantitative estimate of drug-likeness (QED) is 0.539. The second-order valence-corrected chi connectivity index (χ2v) is 9.62. The summed E-state index contributed by atoms with van der Waals surface area (Å²) in [5, 5.41) is 7.15. The zero-order valence-corrected chi connectivity index (χ0v) is 19.4. The van der Waals surface area contributed by atoms with Crippen molar-refractivity contribution < 1.29 is 18.4 Å². The van der Waals surface area contributed by atoms with Gasteiger partial charge in [0.25, 0.3) is 11.8 Å². The molecule has 3 aliphatic heterocycles. The van der Waals surface area contributed by atoms with Gasteiger partial charge in [-0.25, -0.2) is 14.8 Å². The summed E-state index contributed by atoms with van der Waals surface area (Å²) in [6.07, 6.45) is 2.31. The molecule has 34 heavy (non-hydrogen) atoms. The normalized spacial score (nSPS) is 31.5. The molecular formula is C23H31F2N7O2. The molecule has 1 aromatic rings. The predicted molar refractivity (Wildman–Crippen MR) is 122 cm³/mol. The molecule has 11 heteroatoms. The summed E-state index contributed by atoms with van der Waals surface area (Å²) < 4.78 is 30.1. The van der Waals surface area contributed by atoms with Gasteiger partial charge in [-0.2, -0.15) is 4.39 Å². The van der Waals surface area contributed by atoms with Crippen molar-refractivity contribution in [3.05, 3.63) is 35.5 Å². The molecule has 0 aromatic carbocycles. The van der Waals surface area contributed by atoms with Gasteiger partial charge < -0.3 is 20.5 Å². The summed E-state index contributed by atoms with van der Waals surface area (Å²) in [7, 11) is 3.33. The highest BCUT2D eigenvalue weighted by atomic mass is 19.1. The highest BCUT2D eigenvalue weighted by molar-refractivity contribution is 5.96. The summed E-state index contributed by atoms with van der Waals surface area (Å²) in [6, 6.07) is 2.51. The van der Waals surface area contributed by atoms with Crippen LogP contribution in [0.1, 0.15) is 23.3 Å². The zero-order valence-electron chi connectivity index (χ0n) is 19.4. The highest BCUT2D eigenvalue weighted by Gasteiger charge is 2.50. The molecule has 1 saturated carbocycles. The number of hydrogen-bond acceptors (Lipinski definition) is 7. The number of amides is 2. The highest BCUT2D eigenvalue weighted by Crippen LogP contribution is 2.39. The third kappa shape index (κ3) is 4.11. The molecule has 1 aromatic heterocycles. The molecule has 2 amide bonds. The van der Waals surface area contributed by atoms with Crippen LogP contribution in [0.25, 0.3) is 0 Å². The van der Waals surface area contributed by atoms with Gasteiger partial charge in [0.05, 0.1) is 23.3 Å². The Morgan fingerprint density at radius 2 is 2.00 bits per heavy atom. The van der Waals surface area contributed by atoms with Gasteiger partial charge in [-0.05, 0) is 25.0 Å². The smallest absolute Gasteiger partial charge is 0.269 e. The number of alkyl halides is 1. The Hall–Kier alpha value is -2.79. The molecule has 4 heterocycles. The van der Waals surface area contributed by atoms with Crippen LogP contribution in [-0.2, 0) is 4.79 Å². The fourth-order valence-electron chi connectivity index (χ4n) is 5.82. The minimum Gasteiger partial charge on any atom is -0.365 e. The lowest BCUT2D eigenvalue weighted by Gasteiger charge is -2.47. The maximum absolute atomic E-state index is 15.6. The standard InChI is InChI=1S/C23H31F2N7O2/c1-26-23(34)16-5-6-17(21(25)27-16)32-9-7-31(8-10-32)11-13-3-4-14-19-15(12-30(2)29-19)22(33)28-20(14)18(13)24/h5-6,12-14,18-20,29H,3-4,7-11H2,1-2H3,(H,26,34)(H,28,33). The van der Waals surface area contributed by atoms with Gasteiger partial charge in [0, 0.05) is 64.9 Å². The maximum Gasteiger partial charge on any atom is 0.269 e. The average molecular weight is 476 g/mol. The van der Waals surface area contributed by atoms with Gasteiger partial charge in [-0.15, -0.1) is 0 Å². The first-order valence-corrected chi connectivity index (χ1v) is 11.9. The van der Waals surface area contributed by atoms with E-state index in [0.29, 0.717) is 44.0 Å². The van der Waals surface area contributed by atoms with Crippen molar-refractivity contribution in [2.75, 3.05) is 51.7 Å². The van der Waals surface area contributed by atoms with E-state index in [4.69, 9.17) is 0 Å². The van der Waals surface area contributed by atoms with Crippen LogP contribution >= 0.6 is 0 Å². The Morgan fingerprint density at radius 3 is 2.71 bits per heavy atom. The van der Waals surface area contributed by atoms with Crippen LogP contribution in [-0.4, -0.2) is 91.8 Å². The summed E-state index contributed by atoms with van der Waals surface area (Å²) in [4.78, 5) is 32.1. The van der Waals surface area contributed by atoms with Gasteiger partial charge >= 0.3 is 0 Å². The Balaban J connectivity index is 1.17. The molecule has 5 unspecified atom stereocenters. The van der Waals surface area contributed by atoms with Crippen molar-refractivity contribution >= 4 is 17.5 Å². The maximum atomic E-state index is 15.6. The number of halogens is 2. The number of rotatable bonds is 4. The number of piperazine rings is 1. The van der Waals surface area contributed by atoms with E-state index in [2.05, 4.69) is 25.9 Å². The van der Waals surface area contributed by atoms with E-state index in [0.717, 1.165) is 12.8 Å². The fraction of sp³-hybridized carbons (Fsp3) is 0.609. The minimum atomic E-state index is -1.10. The second kappa shape index (κ2) is 9.10. The second-order valence-electron chi connectivity index (χ2n) is 9.62. The van der Waals surface area contributed by atoms with Gasteiger partial charge in [0.2, 0.25) is 5.95 Å². The molecule has 3 fully saturated rings. The molecule has 0 bridgehead atoms. The van der Waals surface area contributed by atoms with Crippen molar-refractivity contribution in [2.24, 2.45) is 11.8 Å². The number of anilines is 1. The first-order valence-electron chi connectivity index (χ1n) is 11.9. The Bertz CT molecular complexity index is 998. The van der Waals surface area contributed by atoms with Crippen LogP contribution in [0, 0.1) is 17.8 Å². The van der Waals surface area contributed by atoms with E-state index in [9.17, 15) is 14.0 Å². The molecule has 5 rings (SSSR count). The first-order chi connectivity index (χ1) is 16.4. The summed E-state index contributed by atoms with van der Waals surface area (Å²) >= 11 is 0. The van der Waals surface area contributed by atoms with Crippen LogP contribution in [0.4, 0.5) is 14.5 Å². The number of pyridine rings is 1. The number of hydrogen-bond donors (Lipinski definition) is 3. The van der Waals surface area contributed by atoms with Crippen molar-refractivity contribution in [1.29, 1.82) is 0 Å². The van der Waals surface area contributed by atoms with E-state index in [1.54, 1.807) is 17.3 Å². The third-order valence-corrected chi connectivity index (χ3v) is 7.62. The molecule has 1 aliphatic carbocycles. The number of carbonyl (C=O) groups is 2. The average Bonchev–Trinajstić information content (AvgIpc) is 3.24. The van der Waals surface area contributed by atoms with Crippen LogP contribution in [0.2, 0.25) is 0 Å². The predicted octanol–water partition coefficient (Wildman–Crippen LogP) is 0.268. The lowest BCUT2D eigenvalue weighted by atomic mass is 9.70. The van der Waals surface area contributed by atoms with Crippen molar-refractivity contribution in [3.8, 4) is 0 Å². The SMILES string of the molecule is CNC(=O)c1ccc(N2CCN(CC3CCC4C5NN(C)C=C5C(=O)NC4C3F)CC2)c(F)n1. The number of nitrogens with one attached hydrogen (secondary N) is 3. The van der Waals surface area contributed by atoms with E-state index >= 15 is 4.39 Å². The number of nitrogens with zero attached hydrogens (tertiary/aromatic N) is 4. The summed E-state index contributed by atoms with van der Waals surface area (Å²) in [5.74, 6) is -1.38. The van der Waals surface area contributed by atoms with Crippen molar-refractivity contribution in [3.63, 3.8) is 0 Å². The van der Waals surface area contributed by atoms with Crippen LogP contribution < -0.4 is 21.0 Å². The van der Waals surface area contributed by atoms with Crippen LogP contribution in [0.5, 0.6) is 0 Å². The number of aromatic nitrogens is 1. The molecular weight excluding hydrogens is 444 g/mol. The largest absolute Gasteiger partial charge is 0.365 e. The molecule has 3 N–H and O–H groups in total. The molecule has 2 saturated heterocycles. The molecule has 5 atom stereocenters.